The van der Waals surface area contributed by atoms with Gasteiger partial charge in [-0.3, -0.25) is 9.59 Å². The number of aliphatic hydroxyl groups is 1. The number of hydrogen-bond donors (Lipinski definition) is 4. The van der Waals surface area contributed by atoms with Gasteiger partial charge in [0.15, 0.2) is 0 Å². The summed E-state index contributed by atoms with van der Waals surface area (Å²) in [5.41, 5.74) is 10.9. The second kappa shape index (κ2) is 9.28. The Morgan fingerprint density at radius 2 is 2.00 bits per heavy atom. The molecule has 7 nitrogen and oxygen atoms in total. The lowest BCUT2D eigenvalue weighted by Crippen LogP contribution is -2.56. The van der Waals surface area contributed by atoms with Gasteiger partial charge in [-0.05, 0) is 38.8 Å². The zero-order valence-corrected chi connectivity index (χ0v) is 19.9. The number of amides is 2. The molecule has 9 heteroatoms. The largest absolute Gasteiger partial charge is 0.391 e. The molecule has 1 aromatic carbocycles. The van der Waals surface area contributed by atoms with E-state index >= 15 is 0 Å². The molecule has 3 unspecified atom stereocenters. The molecular weight excluding hydrogens is 432 g/mol. The van der Waals surface area contributed by atoms with Gasteiger partial charge in [-0.15, -0.1) is 11.3 Å². The highest BCUT2D eigenvalue weighted by Gasteiger charge is 2.43. The van der Waals surface area contributed by atoms with Crippen LogP contribution in [0.3, 0.4) is 0 Å². The number of nitrogens with one attached hydrogen (secondary N) is 1. The summed E-state index contributed by atoms with van der Waals surface area (Å²) in [5.74, 6) is -0.683. The number of aromatic nitrogens is 1. The zero-order chi connectivity index (χ0) is 22.9. The Balaban J connectivity index is 1.69. The Labute approximate surface area is 192 Å². The number of thiol groups is 1. The first-order valence-electron chi connectivity index (χ1n) is 10.3. The monoisotopic (exact) mass is 462 g/mol. The molecule has 1 fully saturated rings. The first-order valence-corrected chi connectivity index (χ1v) is 11.6. The average molecular weight is 463 g/mol. The molecule has 4 N–H and O–H groups in total. The third-order valence-corrected chi connectivity index (χ3v) is 6.92. The van der Waals surface area contributed by atoms with Crippen LogP contribution in [-0.2, 0) is 9.59 Å². The first-order chi connectivity index (χ1) is 14.5. The van der Waals surface area contributed by atoms with Gasteiger partial charge in [0, 0.05) is 17.7 Å². The lowest BCUT2D eigenvalue weighted by Gasteiger charge is -2.32. The summed E-state index contributed by atoms with van der Waals surface area (Å²) in [5, 5.41) is 13.1. The Bertz CT molecular complexity index is 939. The summed E-state index contributed by atoms with van der Waals surface area (Å²) >= 11 is 5.98. The van der Waals surface area contributed by atoms with Crippen molar-refractivity contribution in [2.75, 3.05) is 6.54 Å². The van der Waals surface area contributed by atoms with E-state index in [0.717, 1.165) is 21.7 Å². The molecule has 0 radical (unpaired) electrons. The first kappa shape index (κ1) is 23.7. The Morgan fingerprint density at radius 3 is 2.55 bits per heavy atom. The van der Waals surface area contributed by atoms with Crippen LogP contribution in [-0.4, -0.2) is 56.3 Å². The molecule has 1 saturated heterocycles. The fourth-order valence-electron chi connectivity index (χ4n) is 3.68. The van der Waals surface area contributed by atoms with Crippen molar-refractivity contribution in [3.05, 3.63) is 41.0 Å². The second-order valence-electron chi connectivity index (χ2n) is 8.65. The topological polar surface area (TPSA) is 109 Å². The molecule has 2 aromatic rings. The number of likely N-dealkylation sites (tertiary alicyclic amines) is 1. The van der Waals surface area contributed by atoms with E-state index in [2.05, 4.69) is 22.9 Å². The Morgan fingerprint density at radius 1 is 1.35 bits per heavy atom. The highest BCUT2D eigenvalue weighted by molar-refractivity contribution is 7.81. The van der Waals surface area contributed by atoms with Crippen molar-refractivity contribution < 1.29 is 14.7 Å². The molecule has 1 aliphatic heterocycles. The van der Waals surface area contributed by atoms with Crippen LogP contribution in [0, 0.1) is 6.92 Å². The summed E-state index contributed by atoms with van der Waals surface area (Å²) < 4.78 is -0.739. The van der Waals surface area contributed by atoms with Gasteiger partial charge >= 0.3 is 0 Å². The number of β-amino-alcohol motifs (C(OH)–C–C–N with tert-alkyl or cyclic N) is 1. The van der Waals surface area contributed by atoms with Crippen LogP contribution in [0.25, 0.3) is 10.4 Å². The molecule has 168 valence electrons. The van der Waals surface area contributed by atoms with Crippen LogP contribution in [0.5, 0.6) is 0 Å². The number of carbonyl (C=O) groups excluding carboxylic acids is 2. The van der Waals surface area contributed by atoms with Crippen molar-refractivity contribution in [1.82, 2.24) is 15.2 Å². The van der Waals surface area contributed by atoms with Crippen molar-refractivity contribution in [3.8, 4) is 10.4 Å². The van der Waals surface area contributed by atoms with E-state index in [9.17, 15) is 14.7 Å². The third-order valence-electron chi connectivity index (χ3n) is 5.67. The summed E-state index contributed by atoms with van der Waals surface area (Å²) in [6.45, 7) is 7.46. The van der Waals surface area contributed by atoms with Gasteiger partial charge in [-0.1, -0.05) is 24.3 Å². The molecule has 31 heavy (non-hydrogen) atoms. The Kier molecular flexibility index (Phi) is 7.10. The third kappa shape index (κ3) is 5.28. The minimum atomic E-state index is -0.878. The van der Waals surface area contributed by atoms with Crippen LogP contribution < -0.4 is 11.1 Å². The van der Waals surface area contributed by atoms with E-state index in [4.69, 9.17) is 5.73 Å². The van der Waals surface area contributed by atoms with Gasteiger partial charge in [0.25, 0.3) is 0 Å². The van der Waals surface area contributed by atoms with E-state index in [1.807, 2.05) is 43.6 Å². The fraction of sp³-hybridized carbons (Fsp3) is 0.500. The van der Waals surface area contributed by atoms with Crippen molar-refractivity contribution in [1.29, 1.82) is 0 Å². The van der Waals surface area contributed by atoms with E-state index in [0.29, 0.717) is 0 Å². The molecule has 0 aliphatic carbocycles. The summed E-state index contributed by atoms with van der Waals surface area (Å²) in [6, 6.07) is 6.09. The van der Waals surface area contributed by atoms with Crippen molar-refractivity contribution in [2.45, 2.75) is 63.1 Å². The van der Waals surface area contributed by atoms with Gasteiger partial charge in [-0.25, -0.2) is 4.98 Å². The molecule has 2 heterocycles. The van der Waals surface area contributed by atoms with Crippen LogP contribution in [0.4, 0.5) is 0 Å². The van der Waals surface area contributed by atoms with Gasteiger partial charge in [0.05, 0.1) is 34.3 Å². The number of aryl methyl sites for hydroxylation is 1. The number of nitrogens with two attached hydrogens (primary N) is 1. The number of carbonyl (C=O) groups is 2. The van der Waals surface area contributed by atoms with Gasteiger partial charge in [0.2, 0.25) is 11.8 Å². The maximum absolute atomic E-state index is 13.0. The lowest BCUT2D eigenvalue weighted by atomic mass is 10.0. The molecular formula is C22H30N4O3S2. The lowest BCUT2D eigenvalue weighted by molar-refractivity contribution is -0.140. The van der Waals surface area contributed by atoms with Crippen LogP contribution >= 0.6 is 24.0 Å². The minimum absolute atomic E-state index is 0.0890. The minimum Gasteiger partial charge on any atom is -0.391 e. The molecule has 0 bridgehead atoms. The van der Waals surface area contributed by atoms with E-state index < -0.39 is 22.9 Å². The molecule has 3 rings (SSSR count). The smallest absolute Gasteiger partial charge is 0.243 e. The SMILES string of the molecule is Cc1ncsc1-c1ccc(C(C)NC(=O)C2C[C@@H](O)CN2C(=O)C(N)C(C)(C)S)cc1. The van der Waals surface area contributed by atoms with Gasteiger partial charge in [-0.2, -0.15) is 12.6 Å². The van der Waals surface area contributed by atoms with Crippen molar-refractivity contribution >= 4 is 35.8 Å². The molecule has 1 aromatic heterocycles. The molecule has 1 aliphatic rings. The maximum atomic E-state index is 13.0. The normalized spacial score (nSPS) is 21.1. The van der Waals surface area contributed by atoms with E-state index in [1.54, 1.807) is 25.2 Å². The van der Waals surface area contributed by atoms with Gasteiger partial charge < -0.3 is 21.1 Å². The summed E-state index contributed by atoms with van der Waals surface area (Å²) in [7, 11) is 0. The molecule has 0 spiro atoms. The van der Waals surface area contributed by atoms with Crippen LogP contribution in [0.1, 0.15) is 44.5 Å². The van der Waals surface area contributed by atoms with E-state index in [-0.39, 0.29) is 30.8 Å². The highest BCUT2D eigenvalue weighted by Crippen LogP contribution is 2.29. The maximum Gasteiger partial charge on any atom is 0.243 e. The standard InChI is InChI=1S/C22H30N4O3S2/c1-12(14-5-7-15(8-6-14)18-13(2)24-11-31-18)25-20(28)17-9-16(27)10-26(17)21(29)19(23)22(3,4)30/h5-8,11-12,16-17,19,27,30H,9-10,23H2,1-4H3,(H,25,28)/t12?,16-,17?,19?/m1/s1. The summed E-state index contributed by atoms with van der Waals surface area (Å²) in [6.07, 6.45) is -0.569. The number of thiazole rings is 1. The number of hydrogen-bond acceptors (Lipinski definition) is 7. The van der Waals surface area contributed by atoms with Crippen molar-refractivity contribution in [2.24, 2.45) is 5.73 Å². The predicted octanol–water partition coefficient (Wildman–Crippen LogP) is 2.29. The predicted molar refractivity (Wildman–Crippen MR) is 126 cm³/mol. The quantitative estimate of drug-likeness (QED) is 0.493. The van der Waals surface area contributed by atoms with Crippen LogP contribution in [0.2, 0.25) is 0 Å². The number of aliphatic hydroxyl groups excluding tert-OH is 1. The molecule has 0 saturated carbocycles. The van der Waals surface area contributed by atoms with E-state index in [1.165, 1.54) is 4.90 Å². The van der Waals surface area contributed by atoms with Gasteiger partial charge in [0.1, 0.15) is 6.04 Å². The molecule has 2 amide bonds. The number of nitrogens with zero attached hydrogens (tertiary/aromatic N) is 2. The highest BCUT2D eigenvalue weighted by atomic mass is 32.1. The second-order valence-corrected chi connectivity index (χ2v) is 10.7. The zero-order valence-electron chi connectivity index (χ0n) is 18.2. The number of benzene rings is 1. The summed E-state index contributed by atoms with van der Waals surface area (Å²) in [4.78, 5) is 32.6. The van der Waals surface area contributed by atoms with Crippen LogP contribution in [0.15, 0.2) is 29.8 Å². The Hall–Kier alpha value is -1.94. The fourth-order valence-corrected chi connectivity index (χ4v) is 4.60. The molecule has 4 atom stereocenters. The number of rotatable bonds is 6. The van der Waals surface area contributed by atoms with Crippen molar-refractivity contribution in [3.63, 3.8) is 0 Å². The average Bonchev–Trinajstić information content (AvgIpc) is 3.31.